The minimum Gasteiger partial charge on any atom is -0.487 e. The van der Waals surface area contributed by atoms with Crippen molar-refractivity contribution < 1.29 is 71.1 Å². The van der Waals surface area contributed by atoms with Crippen LogP contribution in [0.15, 0.2) is 69.9 Å². The van der Waals surface area contributed by atoms with Gasteiger partial charge in [-0.25, -0.2) is 14.3 Å². The molecule has 0 spiro atoms. The molecule has 23 heteroatoms. The summed E-state index contributed by atoms with van der Waals surface area (Å²) in [6.45, 7) is 6.77. The second-order valence-corrected chi connectivity index (χ2v) is 19.7. The summed E-state index contributed by atoms with van der Waals surface area (Å²) in [5.41, 5.74) is 2.21. The van der Waals surface area contributed by atoms with Crippen molar-refractivity contribution in [2.75, 3.05) is 180 Å². The summed E-state index contributed by atoms with van der Waals surface area (Å²) in [7, 11) is 5.39. The number of hydrogen-bond donors (Lipinski definition) is 0. The van der Waals surface area contributed by atoms with E-state index in [1.165, 1.54) is 0 Å². The average Bonchev–Trinajstić information content (AvgIpc) is 3.41. The highest BCUT2D eigenvalue weighted by Crippen LogP contribution is 2.55. The molecule has 0 atom stereocenters. The van der Waals surface area contributed by atoms with E-state index in [4.69, 9.17) is 98.2 Å². The van der Waals surface area contributed by atoms with Crippen molar-refractivity contribution in [3.63, 3.8) is 0 Å². The smallest absolute Gasteiger partial charge is 0.265 e. The van der Waals surface area contributed by atoms with Crippen LogP contribution in [0.25, 0.3) is 0 Å². The highest BCUT2D eigenvalue weighted by atomic mass is 32.4. The summed E-state index contributed by atoms with van der Waals surface area (Å²) in [5.74, 6) is 3.32. The van der Waals surface area contributed by atoms with Crippen LogP contribution in [0, 0.1) is 0 Å². The molecule has 3 aromatic rings. The van der Waals surface area contributed by atoms with E-state index in [0.717, 1.165) is 16.7 Å². The molecule has 3 aliphatic heterocycles. The number of ether oxygens (including phenoxy) is 15. The fraction of sp³-hybridized carbons (Fsp3) is 0.562. The number of nitrogens with zero attached hydrogens (tertiary/aromatic N) is 6. The Hall–Kier alpha value is -4.84. The Kier molecular flexibility index (Phi) is 25.2. The third-order valence-electron chi connectivity index (χ3n) is 10.3. The molecule has 392 valence electrons. The fourth-order valence-electron chi connectivity index (χ4n) is 6.61. The molecule has 0 saturated heterocycles. The zero-order valence-corrected chi connectivity index (χ0v) is 42.8. The predicted molar refractivity (Wildman–Crippen MR) is 270 cm³/mol. The number of hydrazone groups is 3. The molecular weight excluding hydrogens is 964 g/mol. The van der Waals surface area contributed by atoms with Gasteiger partial charge in [0.2, 0.25) is 0 Å². The van der Waals surface area contributed by atoms with Crippen molar-refractivity contribution in [2.24, 2.45) is 15.3 Å². The standard InChI is InChI=1S/C48H69N6O15PS/c1-52(49-37-40-4-7-43-46(34-40)67-31-25-61-19-13-55-10-16-58-22-28-64-43)70(71,53(2)50-38-41-5-8-44-47(35-41)68-32-26-62-20-14-56-11-17-59-23-29-65-44)54(3)51-39-42-6-9-45-48(36-42)69-33-27-63-21-15-57-12-18-60-24-30-66-45/h4-9,34-39H,10-33H2,1-3H3/b49-37+,50-38+,51-39+. The summed E-state index contributed by atoms with van der Waals surface area (Å²) in [5, 5.41) is 14.7. The minimum absolute atomic E-state index is 0.310. The zero-order valence-electron chi connectivity index (χ0n) is 41.1. The highest BCUT2D eigenvalue weighted by molar-refractivity contribution is 8.11. The Bertz CT molecular complexity index is 1910. The van der Waals surface area contributed by atoms with Crippen molar-refractivity contribution in [3.8, 4) is 34.5 Å². The molecule has 3 aromatic carbocycles. The molecular formula is C48H69N6O15PS. The molecule has 0 radical (unpaired) electrons. The Balaban J connectivity index is 1.24. The Labute approximate surface area is 421 Å². The lowest BCUT2D eigenvalue weighted by Crippen LogP contribution is -2.29. The van der Waals surface area contributed by atoms with Crippen molar-refractivity contribution in [3.05, 3.63) is 71.3 Å². The number of fused-ring (bicyclic) bond motifs is 3. The third kappa shape index (κ3) is 19.6. The molecule has 0 saturated carbocycles. The lowest BCUT2D eigenvalue weighted by atomic mass is 10.2. The maximum Gasteiger partial charge on any atom is 0.265 e. The Morgan fingerprint density at radius 3 is 0.746 bits per heavy atom. The molecule has 0 aromatic heterocycles. The molecule has 3 aliphatic rings. The van der Waals surface area contributed by atoms with E-state index >= 15 is 0 Å². The molecule has 0 aliphatic carbocycles. The van der Waals surface area contributed by atoms with Gasteiger partial charge in [0.25, 0.3) is 6.49 Å². The van der Waals surface area contributed by atoms with Gasteiger partial charge in [-0.05, 0) is 83.1 Å². The highest BCUT2D eigenvalue weighted by Gasteiger charge is 2.32. The third-order valence-corrected chi connectivity index (χ3v) is 15.0. The largest absolute Gasteiger partial charge is 0.487 e. The van der Waals surface area contributed by atoms with E-state index in [0.29, 0.717) is 193 Å². The molecule has 71 heavy (non-hydrogen) atoms. The first-order valence-electron chi connectivity index (χ1n) is 23.7. The Morgan fingerprint density at radius 2 is 0.521 bits per heavy atom. The maximum absolute atomic E-state index is 6.56. The Morgan fingerprint density at radius 1 is 0.324 bits per heavy atom. The normalized spacial score (nSPS) is 18.7. The monoisotopic (exact) mass is 1030 g/mol. The van der Waals surface area contributed by atoms with Gasteiger partial charge in [0.1, 0.15) is 39.6 Å². The summed E-state index contributed by atoms with van der Waals surface area (Å²) in [6.07, 6.45) is 5.11. The van der Waals surface area contributed by atoms with Crippen LogP contribution in [0.3, 0.4) is 0 Å². The molecule has 0 bridgehead atoms. The quantitative estimate of drug-likeness (QED) is 0.165. The van der Waals surface area contributed by atoms with Crippen LogP contribution >= 0.6 is 6.49 Å². The maximum atomic E-state index is 6.56. The van der Waals surface area contributed by atoms with E-state index < -0.39 is 6.49 Å². The van der Waals surface area contributed by atoms with Crippen molar-refractivity contribution in [2.45, 2.75) is 0 Å². The summed E-state index contributed by atoms with van der Waals surface area (Å²) in [4.78, 5) is 0. The minimum atomic E-state index is -3.15. The van der Waals surface area contributed by atoms with Crippen LogP contribution in [0.2, 0.25) is 0 Å². The molecule has 0 fully saturated rings. The van der Waals surface area contributed by atoms with Gasteiger partial charge in [-0.1, -0.05) is 0 Å². The fourth-order valence-corrected chi connectivity index (χ4v) is 8.68. The summed E-state index contributed by atoms with van der Waals surface area (Å²) < 4.78 is 92.2. The van der Waals surface area contributed by atoms with E-state index in [2.05, 4.69) is 0 Å². The van der Waals surface area contributed by atoms with Crippen molar-refractivity contribution >= 4 is 36.9 Å². The average molecular weight is 1030 g/mol. The molecule has 0 amide bonds. The van der Waals surface area contributed by atoms with Gasteiger partial charge in [0.15, 0.2) is 34.5 Å². The molecule has 21 nitrogen and oxygen atoms in total. The molecule has 0 N–H and O–H groups in total. The SMILES string of the molecule is CN(/N=C/c1ccc2c(c1)OCCOCCOCCOCCO2)P(=S)(N(C)/N=C/c1ccc2c(c1)OCCOCCOCCOCCO2)N(C)/N=C/c1ccc2c(c1)OCCOCCOCCOCCO2. The number of rotatable bonds is 9. The predicted octanol–water partition coefficient (Wildman–Crippen LogP) is 4.57. The van der Waals surface area contributed by atoms with E-state index in [-0.39, 0.29) is 0 Å². The second kappa shape index (κ2) is 32.3. The first-order valence-corrected chi connectivity index (χ1v) is 26.4. The van der Waals surface area contributed by atoms with Crippen LogP contribution in [-0.2, 0) is 54.4 Å². The van der Waals surface area contributed by atoms with Crippen LogP contribution in [0.1, 0.15) is 16.7 Å². The van der Waals surface area contributed by atoms with Crippen LogP contribution in [0.5, 0.6) is 34.5 Å². The van der Waals surface area contributed by atoms with E-state index in [1.54, 1.807) is 54.1 Å². The van der Waals surface area contributed by atoms with Gasteiger partial charge in [-0.2, -0.15) is 15.3 Å². The van der Waals surface area contributed by atoms with Crippen LogP contribution in [0.4, 0.5) is 0 Å². The number of benzene rings is 3. The second-order valence-electron chi connectivity index (χ2n) is 15.4. The molecule has 3 heterocycles. The van der Waals surface area contributed by atoms with Gasteiger partial charge >= 0.3 is 0 Å². The van der Waals surface area contributed by atoms with Gasteiger partial charge < -0.3 is 71.1 Å². The number of hydrogen-bond acceptors (Lipinski definition) is 19. The van der Waals surface area contributed by atoms with Gasteiger partial charge in [-0.15, -0.1) is 0 Å². The lowest BCUT2D eigenvalue weighted by molar-refractivity contribution is 0.00708. The van der Waals surface area contributed by atoms with Gasteiger partial charge in [-0.3, -0.25) is 0 Å². The van der Waals surface area contributed by atoms with Gasteiger partial charge in [0.05, 0.1) is 138 Å². The lowest BCUT2D eigenvalue weighted by Gasteiger charge is -2.39. The van der Waals surface area contributed by atoms with Gasteiger partial charge in [0, 0.05) is 21.1 Å². The first-order chi connectivity index (χ1) is 34.9. The van der Waals surface area contributed by atoms with Crippen molar-refractivity contribution in [1.29, 1.82) is 0 Å². The van der Waals surface area contributed by atoms with Crippen molar-refractivity contribution in [1.82, 2.24) is 14.3 Å². The van der Waals surface area contributed by atoms with E-state index in [9.17, 15) is 0 Å². The van der Waals surface area contributed by atoms with Crippen LogP contribution in [-0.4, -0.2) is 213 Å². The van der Waals surface area contributed by atoms with E-state index in [1.807, 2.05) is 54.6 Å². The van der Waals surface area contributed by atoms with Crippen LogP contribution < -0.4 is 28.4 Å². The topological polar surface area (TPSA) is 185 Å². The zero-order chi connectivity index (χ0) is 49.6. The molecule has 0 unspecified atom stereocenters. The molecule has 6 rings (SSSR count). The first kappa shape index (κ1) is 55.5. The summed E-state index contributed by atoms with van der Waals surface area (Å²) in [6, 6.07) is 16.8. The summed E-state index contributed by atoms with van der Waals surface area (Å²) >= 11 is 6.56.